The van der Waals surface area contributed by atoms with Gasteiger partial charge in [-0.2, -0.15) is 0 Å². The van der Waals surface area contributed by atoms with Crippen molar-refractivity contribution in [2.75, 3.05) is 36.5 Å². The molecule has 4 rings (SSSR count). The van der Waals surface area contributed by atoms with Crippen LogP contribution in [0.1, 0.15) is 21.5 Å². The number of hydrogen-bond acceptors (Lipinski definition) is 5. The van der Waals surface area contributed by atoms with E-state index in [4.69, 9.17) is 4.74 Å². The third-order valence-corrected chi connectivity index (χ3v) is 4.82. The van der Waals surface area contributed by atoms with Crippen molar-refractivity contribution in [3.05, 3.63) is 59.4 Å². The Balaban J connectivity index is 1.62. The molecule has 1 aliphatic heterocycles. The highest BCUT2D eigenvalue weighted by atomic mass is 16.5. The second-order valence-corrected chi connectivity index (χ2v) is 6.80. The molecule has 1 aromatic heterocycles. The van der Waals surface area contributed by atoms with Crippen molar-refractivity contribution in [2.45, 2.75) is 13.8 Å². The van der Waals surface area contributed by atoms with Gasteiger partial charge in [-0.25, -0.2) is 9.97 Å². The Morgan fingerprint density at radius 2 is 1.89 bits per heavy atom. The van der Waals surface area contributed by atoms with Crippen LogP contribution in [0.4, 0.5) is 11.5 Å². The minimum absolute atomic E-state index is 0.113. The summed E-state index contributed by atoms with van der Waals surface area (Å²) in [5.74, 6) is 0.800. The normalized spacial score (nSPS) is 14.4. The van der Waals surface area contributed by atoms with Gasteiger partial charge in [-0.1, -0.05) is 17.7 Å². The van der Waals surface area contributed by atoms with E-state index >= 15 is 0 Å². The molecule has 2 aromatic carbocycles. The van der Waals surface area contributed by atoms with E-state index in [1.165, 1.54) is 0 Å². The third kappa shape index (κ3) is 3.61. The molecule has 6 heteroatoms. The number of aryl methyl sites for hydroxylation is 2. The first-order valence-electron chi connectivity index (χ1n) is 9.08. The van der Waals surface area contributed by atoms with Crippen molar-refractivity contribution in [3.8, 4) is 0 Å². The van der Waals surface area contributed by atoms with Gasteiger partial charge in [-0.15, -0.1) is 0 Å². The molecule has 27 heavy (non-hydrogen) atoms. The van der Waals surface area contributed by atoms with E-state index < -0.39 is 0 Å². The maximum absolute atomic E-state index is 12.7. The number of nitrogens with zero attached hydrogens (tertiary/aromatic N) is 3. The molecule has 138 valence electrons. The number of aromatic nitrogens is 2. The van der Waals surface area contributed by atoms with Gasteiger partial charge in [-0.05, 0) is 43.7 Å². The Hall–Kier alpha value is -2.99. The van der Waals surface area contributed by atoms with Crippen LogP contribution in [-0.2, 0) is 4.74 Å². The molecule has 1 amide bonds. The lowest BCUT2D eigenvalue weighted by atomic mass is 10.0. The second kappa shape index (κ2) is 7.32. The van der Waals surface area contributed by atoms with Crippen molar-refractivity contribution in [1.29, 1.82) is 0 Å². The van der Waals surface area contributed by atoms with Gasteiger partial charge in [0, 0.05) is 29.7 Å². The van der Waals surface area contributed by atoms with Crippen LogP contribution in [0.25, 0.3) is 10.9 Å². The first-order valence-corrected chi connectivity index (χ1v) is 9.08. The van der Waals surface area contributed by atoms with E-state index in [0.717, 1.165) is 46.6 Å². The van der Waals surface area contributed by atoms with Crippen molar-refractivity contribution in [2.24, 2.45) is 0 Å². The topological polar surface area (TPSA) is 67.4 Å². The van der Waals surface area contributed by atoms with E-state index in [-0.39, 0.29) is 5.91 Å². The molecule has 2 heterocycles. The van der Waals surface area contributed by atoms with Gasteiger partial charge >= 0.3 is 0 Å². The highest BCUT2D eigenvalue weighted by Crippen LogP contribution is 2.26. The molecule has 0 spiro atoms. The maximum atomic E-state index is 12.7. The smallest absolute Gasteiger partial charge is 0.255 e. The standard InChI is InChI=1S/C21H22N4O2/c1-14-3-4-15(2)18(11-14)21(26)24-16-5-6-17-19(12-16)22-13-23-20(17)25-7-9-27-10-8-25/h3-6,11-13H,7-10H2,1-2H3,(H,24,26). The zero-order valence-corrected chi connectivity index (χ0v) is 15.5. The fourth-order valence-corrected chi connectivity index (χ4v) is 3.33. The fraction of sp³-hybridized carbons (Fsp3) is 0.286. The molecule has 0 unspecified atom stereocenters. The number of nitrogens with one attached hydrogen (secondary N) is 1. The molecule has 0 bridgehead atoms. The molecule has 3 aromatic rings. The van der Waals surface area contributed by atoms with Crippen molar-refractivity contribution >= 4 is 28.3 Å². The fourth-order valence-electron chi connectivity index (χ4n) is 3.33. The van der Waals surface area contributed by atoms with Crippen LogP contribution >= 0.6 is 0 Å². The van der Waals surface area contributed by atoms with Crippen LogP contribution in [0.2, 0.25) is 0 Å². The molecule has 0 saturated carbocycles. The largest absolute Gasteiger partial charge is 0.378 e. The summed E-state index contributed by atoms with van der Waals surface area (Å²) in [6, 6.07) is 11.6. The number of anilines is 2. The summed E-state index contributed by atoms with van der Waals surface area (Å²) in [7, 11) is 0. The molecular weight excluding hydrogens is 340 g/mol. The summed E-state index contributed by atoms with van der Waals surface area (Å²) in [6.45, 7) is 6.96. The number of fused-ring (bicyclic) bond motifs is 1. The minimum Gasteiger partial charge on any atom is -0.378 e. The monoisotopic (exact) mass is 362 g/mol. The molecule has 1 saturated heterocycles. The summed E-state index contributed by atoms with van der Waals surface area (Å²) in [6.07, 6.45) is 1.57. The number of ether oxygens (including phenoxy) is 1. The number of benzene rings is 2. The van der Waals surface area contributed by atoms with Crippen LogP contribution in [0, 0.1) is 13.8 Å². The van der Waals surface area contributed by atoms with Gasteiger partial charge in [0.1, 0.15) is 12.1 Å². The third-order valence-electron chi connectivity index (χ3n) is 4.82. The molecule has 1 N–H and O–H groups in total. The predicted molar refractivity (Wildman–Crippen MR) is 106 cm³/mol. The van der Waals surface area contributed by atoms with Crippen molar-refractivity contribution < 1.29 is 9.53 Å². The van der Waals surface area contributed by atoms with Gasteiger partial charge in [0.25, 0.3) is 5.91 Å². The van der Waals surface area contributed by atoms with Crippen molar-refractivity contribution in [1.82, 2.24) is 9.97 Å². The second-order valence-electron chi connectivity index (χ2n) is 6.80. The molecule has 0 aliphatic carbocycles. The quantitative estimate of drug-likeness (QED) is 0.774. The Morgan fingerprint density at radius 1 is 1.07 bits per heavy atom. The molecule has 0 atom stereocenters. The zero-order valence-electron chi connectivity index (χ0n) is 15.5. The summed E-state index contributed by atoms with van der Waals surface area (Å²) in [5.41, 5.74) is 4.24. The maximum Gasteiger partial charge on any atom is 0.255 e. The zero-order chi connectivity index (χ0) is 18.8. The van der Waals surface area contributed by atoms with Gasteiger partial charge in [0.15, 0.2) is 0 Å². The molecular formula is C21H22N4O2. The van der Waals surface area contributed by atoms with Gasteiger partial charge in [0.05, 0.1) is 18.7 Å². The average molecular weight is 362 g/mol. The van der Waals surface area contributed by atoms with E-state index in [9.17, 15) is 4.79 Å². The van der Waals surface area contributed by atoms with Crippen LogP contribution in [0.5, 0.6) is 0 Å². The minimum atomic E-state index is -0.113. The summed E-state index contributed by atoms with van der Waals surface area (Å²) in [4.78, 5) is 23.7. The van der Waals surface area contributed by atoms with Crippen molar-refractivity contribution in [3.63, 3.8) is 0 Å². The lowest BCUT2D eigenvalue weighted by molar-refractivity contribution is 0.102. The van der Waals surface area contributed by atoms with Crippen LogP contribution in [0.3, 0.4) is 0 Å². The Bertz CT molecular complexity index is 997. The van der Waals surface area contributed by atoms with Gasteiger partial charge in [0.2, 0.25) is 0 Å². The van der Waals surface area contributed by atoms with E-state index in [1.807, 2.05) is 50.2 Å². The number of carbonyl (C=O) groups excluding carboxylic acids is 1. The van der Waals surface area contributed by atoms with Gasteiger partial charge < -0.3 is 15.0 Å². The SMILES string of the molecule is Cc1ccc(C)c(C(=O)Nc2ccc3c(N4CCOCC4)ncnc3c2)c1. The predicted octanol–water partition coefficient (Wildman–Crippen LogP) is 3.34. The highest BCUT2D eigenvalue weighted by Gasteiger charge is 2.16. The summed E-state index contributed by atoms with van der Waals surface area (Å²) in [5, 5.41) is 3.96. The van der Waals surface area contributed by atoms with E-state index in [2.05, 4.69) is 20.2 Å². The van der Waals surface area contributed by atoms with Crippen LogP contribution < -0.4 is 10.2 Å². The Labute approximate surface area is 158 Å². The van der Waals surface area contributed by atoms with E-state index in [1.54, 1.807) is 6.33 Å². The van der Waals surface area contributed by atoms with Crippen LogP contribution in [0.15, 0.2) is 42.7 Å². The first-order chi connectivity index (χ1) is 13.1. The molecule has 1 aliphatic rings. The number of carbonyl (C=O) groups is 1. The molecule has 6 nitrogen and oxygen atoms in total. The summed E-state index contributed by atoms with van der Waals surface area (Å²) < 4.78 is 5.42. The van der Waals surface area contributed by atoms with Crippen LogP contribution in [-0.4, -0.2) is 42.2 Å². The average Bonchev–Trinajstić information content (AvgIpc) is 2.69. The van der Waals surface area contributed by atoms with E-state index in [0.29, 0.717) is 18.8 Å². The summed E-state index contributed by atoms with van der Waals surface area (Å²) >= 11 is 0. The number of hydrogen-bond donors (Lipinski definition) is 1. The highest BCUT2D eigenvalue weighted by molar-refractivity contribution is 6.06. The Kier molecular flexibility index (Phi) is 4.73. The lowest BCUT2D eigenvalue weighted by Gasteiger charge is -2.28. The first kappa shape index (κ1) is 17.4. The van der Waals surface area contributed by atoms with Gasteiger partial charge in [-0.3, -0.25) is 4.79 Å². The molecule has 0 radical (unpaired) electrons. The lowest BCUT2D eigenvalue weighted by Crippen LogP contribution is -2.36. The number of morpholine rings is 1. The number of rotatable bonds is 3. The number of amides is 1. The molecule has 1 fully saturated rings. The Morgan fingerprint density at radius 3 is 2.70 bits per heavy atom.